The summed E-state index contributed by atoms with van der Waals surface area (Å²) >= 11 is 3.93. The molecule has 0 radical (unpaired) electrons. The van der Waals surface area contributed by atoms with Crippen LogP contribution in [0.1, 0.15) is 26.1 Å². The lowest BCUT2D eigenvalue weighted by atomic mass is 10.1. The second-order valence-corrected chi connectivity index (χ2v) is 8.74. The van der Waals surface area contributed by atoms with E-state index in [1.54, 1.807) is 6.20 Å². The summed E-state index contributed by atoms with van der Waals surface area (Å²) in [6.45, 7) is 0.672. The number of anilines is 1. The van der Waals surface area contributed by atoms with Gasteiger partial charge in [0.15, 0.2) is 0 Å². The Labute approximate surface area is 161 Å². The molecule has 0 spiro atoms. The molecule has 1 saturated heterocycles. The molecule has 2 heterocycles. The molecule has 1 fully saturated rings. The average molecular weight is 382 g/mol. The number of thioether (sulfide) groups is 2. The van der Waals surface area contributed by atoms with E-state index in [1.807, 2.05) is 64.6 Å². The van der Waals surface area contributed by atoms with Crippen LogP contribution in [0.25, 0.3) is 0 Å². The maximum absolute atomic E-state index is 12.6. The molecule has 0 aliphatic carbocycles. The van der Waals surface area contributed by atoms with Gasteiger partial charge in [0.2, 0.25) is 5.95 Å². The quantitative estimate of drug-likeness (QED) is 0.698. The maximum Gasteiger partial charge on any atom is 0.257 e. The third-order valence-electron chi connectivity index (χ3n) is 4.20. The molecular weight excluding hydrogens is 362 g/mol. The van der Waals surface area contributed by atoms with Crippen LogP contribution in [0.4, 0.5) is 5.95 Å². The summed E-state index contributed by atoms with van der Waals surface area (Å²) in [5.41, 5.74) is 3.09. The van der Waals surface area contributed by atoms with Crippen molar-refractivity contribution in [1.82, 2.24) is 9.55 Å². The van der Waals surface area contributed by atoms with Gasteiger partial charge in [0, 0.05) is 29.5 Å². The van der Waals surface area contributed by atoms with Gasteiger partial charge in [-0.1, -0.05) is 42.5 Å². The van der Waals surface area contributed by atoms with Gasteiger partial charge in [-0.15, -0.1) is 23.5 Å². The molecule has 0 unspecified atom stereocenters. The molecule has 0 saturated carbocycles. The molecule has 1 aromatic heterocycles. The minimum Gasteiger partial charge on any atom is -0.313 e. The highest BCUT2D eigenvalue weighted by molar-refractivity contribution is 8.19. The largest absolute Gasteiger partial charge is 0.313 e. The van der Waals surface area contributed by atoms with E-state index in [2.05, 4.69) is 34.6 Å². The molecule has 4 rings (SSSR count). The van der Waals surface area contributed by atoms with Gasteiger partial charge in [-0.05, 0) is 23.3 Å². The fourth-order valence-corrected chi connectivity index (χ4v) is 5.72. The van der Waals surface area contributed by atoms with Crippen LogP contribution < -0.4 is 5.32 Å². The summed E-state index contributed by atoms with van der Waals surface area (Å²) in [4.78, 5) is 16.9. The minimum absolute atomic E-state index is 0.135. The summed E-state index contributed by atoms with van der Waals surface area (Å²) in [6.07, 6.45) is 3.58. The van der Waals surface area contributed by atoms with E-state index in [0.29, 0.717) is 22.6 Å². The number of aromatic nitrogens is 2. The van der Waals surface area contributed by atoms with Gasteiger partial charge in [-0.25, -0.2) is 4.98 Å². The molecule has 6 heteroatoms. The number of carbonyl (C=O) groups excluding carboxylic acids is 1. The minimum atomic E-state index is -0.135. The van der Waals surface area contributed by atoms with Crippen LogP contribution in [-0.4, -0.2) is 27.0 Å². The van der Waals surface area contributed by atoms with Crippen LogP contribution in [-0.2, 0) is 6.54 Å². The number of hydrogen-bond acceptors (Lipinski definition) is 4. The van der Waals surface area contributed by atoms with Crippen molar-refractivity contribution < 1.29 is 4.79 Å². The van der Waals surface area contributed by atoms with Crippen molar-refractivity contribution in [2.75, 3.05) is 16.8 Å². The lowest BCUT2D eigenvalue weighted by molar-refractivity contribution is 0.102. The first-order valence-corrected chi connectivity index (χ1v) is 10.6. The highest BCUT2D eigenvalue weighted by atomic mass is 32.2. The van der Waals surface area contributed by atoms with Crippen LogP contribution in [0.15, 0.2) is 67.0 Å². The Morgan fingerprint density at radius 2 is 1.81 bits per heavy atom. The van der Waals surface area contributed by atoms with Crippen LogP contribution in [0.2, 0.25) is 0 Å². The topological polar surface area (TPSA) is 46.9 Å². The molecule has 0 atom stereocenters. The Balaban J connectivity index is 1.44. The Morgan fingerprint density at radius 1 is 1.08 bits per heavy atom. The van der Waals surface area contributed by atoms with Gasteiger partial charge in [0.1, 0.15) is 0 Å². The first kappa shape index (κ1) is 17.2. The van der Waals surface area contributed by atoms with Gasteiger partial charge in [-0.3, -0.25) is 10.1 Å². The predicted molar refractivity (Wildman–Crippen MR) is 110 cm³/mol. The van der Waals surface area contributed by atoms with E-state index < -0.39 is 0 Å². The first-order chi connectivity index (χ1) is 12.8. The van der Waals surface area contributed by atoms with Crippen LogP contribution >= 0.6 is 23.5 Å². The SMILES string of the molecule is O=C(Nc1nccn1Cc1ccccc1)c1ccc(C2SCCS2)cc1. The number of amides is 1. The summed E-state index contributed by atoms with van der Waals surface area (Å²) in [5.74, 6) is 2.82. The third kappa shape index (κ3) is 3.97. The fourth-order valence-electron chi connectivity index (χ4n) is 2.86. The Bertz CT molecular complexity index is 872. The number of nitrogens with one attached hydrogen (secondary N) is 1. The number of rotatable bonds is 5. The first-order valence-electron chi connectivity index (χ1n) is 8.49. The van der Waals surface area contributed by atoms with Gasteiger partial charge in [0.25, 0.3) is 5.91 Å². The maximum atomic E-state index is 12.6. The van der Waals surface area contributed by atoms with E-state index in [1.165, 1.54) is 17.1 Å². The fraction of sp³-hybridized carbons (Fsp3) is 0.200. The zero-order valence-electron chi connectivity index (χ0n) is 14.2. The lowest BCUT2D eigenvalue weighted by Crippen LogP contribution is -2.16. The molecule has 1 aliphatic heterocycles. The zero-order valence-corrected chi connectivity index (χ0v) is 15.8. The summed E-state index contributed by atoms with van der Waals surface area (Å²) in [5, 5.41) is 2.92. The van der Waals surface area contributed by atoms with Crippen LogP contribution in [0.3, 0.4) is 0 Å². The third-order valence-corrected chi connectivity index (χ3v) is 7.31. The van der Waals surface area contributed by atoms with E-state index in [4.69, 9.17) is 0 Å². The second-order valence-electron chi connectivity index (χ2n) is 6.01. The van der Waals surface area contributed by atoms with Crippen LogP contribution in [0, 0.1) is 0 Å². The summed E-state index contributed by atoms with van der Waals surface area (Å²) < 4.78 is 2.44. The zero-order chi connectivity index (χ0) is 17.8. The molecule has 2 aromatic carbocycles. The Hall–Kier alpha value is -2.18. The van der Waals surface area contributed by atoms with Crippen molar-refractivity contribution in [3.63, 3.8) is 0 Å². The van der Waals surface area contributed by atoms with E-state index in [-0.39, 0.29) is 5.91 Å². The molecule has 132 valence electrons. The smallest absolute Gasteiger partial charge is 0.257 e. The highest BCUT2D eigenvalue weighted by Gasteiger charge is 2.18. The molecule has 3 aromatic rings. The standard InChI is InChI=1S/C20H19N3OS2/c24-18(16-6-8-17(9-7-16)19-25-12-13-26-19)22-20-21-10-11-23(20)14-15-4-2-1-3-5-15/h1-11,19H,12-14H2,(H,21,22,24). The number of carbonyl (C=O) groups is 1. The molecule has 1 aliphatic rings. The van der Waals surface area contributed by atoms with Crippen molar-refractivity contribution >= 4 is 35.4 Å². The highest BCUT2D eigenvalue weighted by Crippen LogP contribution is 2.45. The van der Waals surface area contributed by atoms with E-state index in [0.717, 1.165) is 5.56 Å². The summed E-state index contributed by atoms with van der Waals surface area (Å²) in [7, 11) is 0. The van der Waals surface area contributed by atoms with Crippen molar-refractivity contribution in [3.8, 4) is 0 Å². The lowest BCUT2D eigenvalue weighted by Gasteiger charge is -2.11. The van der Waals surface area contributed by atoms with Crippen molar-refractivity contribution in [3.05, 3.63) is 83.7 Å². The normalized spacial score (nSPS) is 14.5. The van der Waals surface area contributed by atoms with Gasteiger partial charge >= 0.3 is 0 Å². The van der Waals surface area contributed by atoms with E-state index in [9.17, 15) is 4.79 Å². The second kappa shape index (κ2) is 8.01. The Morgan fingerprint density at radius 3 is 2.54 bits per heavy atom. The monoisotopic (exact) mass is 381 g/mol. The van der Waals surface area contributed by atoms with Gasteiger partial charge < -0.3 is 4.57 Å². The Kier molecular flexibility index (Phi) is 5.32. The molecule has 26 heavy (non-hydrogen) atoms. The predicted octanol–water partition coefficient (Wildman–Crippen LogP) is 4.66. The average Bonchev–Trinajstić information content (AvgIpc) is 3.35. The van der Waals surface area contributed by atoms with Crippen molar-refractivity contribution in [2.24, 2.45) is 0 Å². The molecule has 1 N–H and O–H groups in total. The number of imidazole rings is 1. The van der Waals surface area contributed by atoms with Crippen molar-refractivity contribution in [1.29, 1.82) is 0 Å². The number of hydrogen-bond donors (Lipinski definition) is 1. The van der Waals surface area contributed by atoms with Gasteiger partial charge in [-0.2, -0.15) is 0 Å². The number of nitrogens with zero attached hydrogens (tertiary/aromatic N) is 2. The van der Waals surface area contributed by atoms with Crippen molar-refractivity contribution in [2.45, 2.75) is 11.1 Å². The molecule has 0 bridgehead atoms. The van der Waals surface area contributed by atoms with Gasteiger partial charge in [0.05, 0.1) is 11.1 Å². The molecule has 4 nitrogen and oxygen atoms in total. The van der Waals surface area contributed by atoms with Crippen LogP contribution in [0.5, 0.6) is 0 Å². The van der Waals surface area contributed by atoms with E-state index >= 15 is 0 Å². The summed E-state index contributed by atoms with van der Waals surface area (Å²) in [6, 6.07) is 18.0. The molecular formula is C20H19N3OS2. The number of benzene rings is 2. The molecule has 1 amide bonds.